The van der Waals surface area contributed by atoms with E-state index in [1.165, 1.54) is 0 Å². The number of hydrogen-bond donors (Lipinski definition) is 3. The second-order valence-corrected chi connectivity index (χ2v) is 5.50. The molecule has 0 amide bonds. The summed E-state index contributed by atoms with van der Waals surface area (Å²) in [5.41, 5.74) is 0.103. The molecule has 0 aromatic rings. The summed E-state index contributed by atoms with van der Waals surface area (Å²) in [7, 11) is 4.94. The van der Waals surface area contributed by atoms with Gasteiger partial charge in [0, 0.05) is 5.54 Å². The first-order chi connectivity index (χ1) is 4.83. The largest absolute Gasteiger partial charge is 0.294 e. The monoisotopic (exact) mass is 175 g/mol. The van der Waals surface area contributed by atoms with Gasteiger partial charge in [-0.15, -0.1) is 0 Å². The van der Waals surface area contributed by atoms with Crippen molar-refractivity contribution >= 4 is 10.2 Å². The minimum atomic E-state index is -0.0434. The maximum atomic E-state index is 3.47. The summed E-state index contributed by atoms with van der Waals surface area (Å²) in [5.74, 6) is 0. The molecule has 0 aromatic heterocycles. The lowest BCUT2D eigenvalue weighted by molar-refractivity contribution is 0.261. The highest BCUT2D eigenvalue weighted by atomic mass is 28.1. The van der Waals surface area contributed by atoms with E-state index in [1.807, 2.05) is 14.1 Å². The van der Waals surface area contributed by atoms with Gasteiger partial charge in [-0.05, 0) is 34.9 Å². The third-order valence-electron chi connectivity index (χ3n) is 1.62. The lowest BCUT2D eigenvalue weighted by Crippen LogP contribution is -2.69. The van der Waals surface area contributed by atoms with Crippen molar-refractivity contribution in [3.63, 3.8) is 0 Å². The van der Waals surface area contributed by atoms with Crippen molar-refractivity contribution in [2.24, 2.45) is 0 Å². The quantitative estimate of drug-likeness (QED) is 0.372. The topological polar surface area (TPSA) is 36.1 Å². The van der Waals surface area contributed by atoms with Gasteiger partial charge in [-0.3, -0.25) is 16.0 Å². The lowest BCUT2D eigenvalue weighted by Gasteiger charge is -2.37. The van der Waals surface area contributed by atoms with Crippen LogP contribution < -0.4 is 16.0 Å². The molecule has 3 nitrogen and oxygen atoms in total. The SMILES string of the molecule is CNC([SiH3])(NC)NC(C)(C)C. The fourth-order valence-corrected chi connectivity index (χ4v) is 1.75. The zero-order valence-corrected chi connectivity index (χ0v) is 10.5. The van der Waals surface area contributed by atoms with Gasteiger partial charge in [-0.1, -0.05) is 0 Å². The molecular weight excluding hydrogens is 154 g/mol. The highest BCUT2D eigenvalue weighted by Crippen LogP contribution is 2.02. The first-order valence-corrected chi connectivity index (χ1v) is 5.00. The van der Waals surface area contributed by atoms with Crippen LogP contribution in [0, 0.1) is 0 Å². The average molecular weight is 175 g/mol. The lowest BCUT2D eigenvalue weighted by atomic mass is 10.1. The maximum absolute atomic E-state index is 3.47. The van der Waals surface area contributed by atoms with Crippen LogP contribution in [0.4, 0.5) is 0 Å². The summed E-state index contributed by atoms with van der Waals surface area (Å²) in [4.78, 5) is 0. The first kappa shape index (κ1) is 11.1. The second-order valence-electron chi connectivity index (χ2n) is 4.00. The summed E-state index contributed by atoms with van der Waals surface area (Å²) in [5, 5.41) is 9.92. The van der Waals surface area contributed by atoms with Gasteiger partial charge in [0.25, 0.3) is 0 Å². The molecule has 0 saturated carbocycles. The van der Waals surface area contributed by atoms with Crippen LogP contribution in [0.2, 0.25) is 0 Å². The van der Waals surface area contributed by atoms with Gasteiger partial charge in [-0.25, -0.2) is 0 Å². The minimum Gasteiger partial charge on any atom is -0.294 e. The zero-order valence-electron chi connectivity index (χ0n) is 8.50. The molecule has 11 heavy (non-hydrogen) atoms. The Morgan fingerprint density at radius 3 is 1.45 bits per heavy atom. The molecular formula is C7H21N3Si. The van der Waals surface area contributed by atoms with Crippen LogP contribution in [0.3, 0.4) is 0 Å². The van der Waals surface area contributed by atoms with E-state index < -0.39 is 0 Å². The Kier molecular flexibility index (Phi) is 3.70. The van der Waals surface area contributed by atoms with E-state index in [2.05, 4.69) is 36.7 Å². The molecule has 0 aliphatic rings. The molecule has 4 heteroatoms. The normalized spacial score (nSPS) is 13.9. The van der Waals surface area contributed by atoms with Crippen LogP contribution in [0.5, 0.6) is 0 Å². The van der Waals surface area contributed by atoms with Gasteiger partial charge < -0.3 is 0 Å². The fourth-order valence-electron chi connectivity index (χ4n) is 1.00. The zero-order chi connectivity index (χ0) is 9.12. The van der Waals surface area contributed by atoms with Crippen molar-refractivity contribution in [3.05, 3.63) is 0 Å². The van der Waals surface area contributed by atoms with E-state index in [1.54, 1.807) is 0 Å². The minimum absolute atomic E-state index is 0.0434. The fraction of sp³-hybridized carbons (Fsp3) is 1.00. The molecule has 0 aromatic carbocycles. The summed E-state index contributed by atoms with van der Waals surface area (Å²) >= 11 is 0. The molecule has 3 N–H and O–H groups in total. The van der Waals surface area contributed by atoms with Crippen LogP contribution >= 0.6 is 0 Å². The third kappa shape index (κ3) is 4.52. The van der Waals surface area contributed by atoms with Crippen molar-refractivity contribution in [1.82, 2.24) is 16.0 Å². The molecule has 0 radical (unpaired) electrons. The van der Waals surface area contributed by atoms with Gasteiger partial charge in [0.05, 0.1) is 15.7 Å². The molecule has 0 unspecified atom stereocenters. The maximum Gasteiger partial charge on any atom is 0.0970 e. The van der Waals surface area contributed by atoms with E-state index in [0.29, 0.717) is 0 Å². The summed E-state index contributed by atoms with van der Waals surface area (Å²) in [6, 6.07) is 0. The van der Waals surface area contributed by atoms with Crippen molar-refractivity contribution in [2.75, 3.05) is 14.1 Å². The van der Waals surface area contributed by atoms with Crippen molar-refractivity contribution in [1.29, 1.82) is 0 Å². The standard InChI is InChI=1S/C7H21N3Si/c1-6(2,3)10-7(11,8-4)9-5/h8-10H,1-5,11H3. The summed E-state index contributed by atoms with van der Waals surface area (Å²) in [6.45, 7) is 6.48. The number of hydrogen-bond acceptors (Lipinski definition) is 3. The molecule has 0 bridgehead atoms. The van der Waals surface area contributed by atoms with E-state index in [4.69, 9.17) is 0 Å². The number of nitrogens with one attached hydrogen (secondary N) is 3. The molecule has 0 rings (SSSR count). The predicted octanol–water partition coefficient (Wildman–Crippen LogP) is -1.21. The summed E-state index contributed by atoms with van der Waals surface area (Å²) < 4.78 is 0. The van der Waals surface area contributed by atoms with Crippen LogP contribution in [-0.4, -0.2) is 35.3 Å². The second kappa shape index (κ2) is 3.67. The van der Waals surface area contributed by atoms with Crippen molar-refractivity contribution in [2.45, 2.75) is 31.7 Å². The van der Waals surface area contributed by atoms with Gasteiger partial charge in [-0.2, -0.15) is 0 Å². The Labute approximate surface area is 72.7 Å². The Morgan fingerprint density at radius 2 is 1.36 bits per heavy atom. The van der Waals surface area contributed by atoms with E-state index in [-0.39, 0.29) is 10.9 Å². The highest BCUT2D eigenvalue weighted by Gasteiger charge is 2.24. The average Bonchev–Trinajstić information content (AvgIpc) is 1.84. The molecule has 0 atom stereocenters. The van der Waals surface area contributed by atoms with Crippen molar-refractivity contribution < 1.29 is 0 Å². The Morgan fingerprint density at radius 1 is 1.00 bits per heavy atom. The van der Waals surface area contributed by atoms with Gasteiger partial charge in [0.1, 0.15) is 0 Å². The molecule has 0 aliphatic heterocycles. The number of rotatable bonds is 3. The van der Waals surface area contributed by atoms with E-state index >= 15 is 0 Å². The predicted molar refractivity (Wildman–Crippen MR) is 53.7 cm³/mol. The van der Waals surface area contributed by atoms with Crippen LogP contribution in [0.25, 0.3) is 0 Å². The molecule has 0 heterocycles. The Bertz CT molecular complexity index is 115. The first-order valence-electron chi connectivity index (χ1n) is 4.00. The smallest absolute Gasteiger partial charge is 0.0970 e. The van der Waals surface area contributed by atoms with E-state index in [9.17, 15) is 0 Å². The summed E-state index contributed by atoms with van der Waals surface area (Å²) in [6.07, 6.45) is 0. The molecule has 68 valence electrons. The van der Waals surface area contributed by atoms with Crippen LogP contribution in [-0.2, 0) is 0 Å². The van der Waals surface area contributed by atoms with Crippen LogP contribution in [0.1, 0.15) is 20.8 Å². The Hall–Kier alpha value is 0.0969. The molecule has 0 spiro atoms. The van der Waals surface area contributed by atoms with Gasteiger partial charge in [0.2, 0.25) is 0 Å². The molecule has 0 fully saturated rings. The van der Waals surface area contributed by atoms with Crippen LogP contribution in [0.15, 0.2) is 0 Å². The van der Waals surface area contributed by atoms with Gasteiger partial charge in [0.15, 0.2) is 0 Å². The Balaban J connectivity index is 4.08. The van der Waals surface area contributed by atoms with Gasteiger partial charge >= 0.3 is 0 Å². The third-order valence-corrected chi connectivity index (χ3v) is 2.88. The van der Waals surface area contributed by atoms with Crippen molar-refractivity contribution in [3.8, 4) is 0 Å². The highest BCUT2D eigenvalue weighted by molar-refractivity contribution is 6.14. The molecule has 0 aliphatic carbocycles. The van der Waals surface area contributed by atoms with E-state index in [0.717, 1.165) is 10.2 Å². The molecule has 0 saturated heterocycles.